The molecule has 1 atom stereocenters. The van der Waals surface area contributed by atoms with E-state index < -0.39 is 0 Å². The van der Waals surface area contributed by atoms with E-state index in [9.17, 15) is 4.79 Å². The van der Waals surface area contributed by atoms with Gasteiger partial charge in [-0.3, -0.25) is 4.79 Å². The van der Waals surface area contributed by atoms with Gasteiger partial charge in [0.1, 0.15) is 6.33 Å². The van der Waals surface area contributed by atoms with Crippen LogP contribution in [0.15, 0.2) is 30.6 Å². The molecule has 1 aliphatic rings. The van der Waals surface area contributed by atoms with Gasteiger partial charge in [0.15, 0.2) is 0 Å². The van der Waals surface area contributed by atoms with Crippen LogP contribution in [0.25, 0.3) is 5.69 Å². The third-order valence-corrected chi connectivity index (χ3v) is 3.35. The second-order valence-electron chi connectivity index (χ2n) is 4.80. The van der Waals surface area contributed by atoms with Crippen LogP contribution >= 0.6 is 0 Å². The number of anilines is 1. The van der Waals surface area contributed by atoms with Gasteiger partial charge in [-0.05, 0) is 48.0 Å². The smallest absolute Gasteiger partial charge is 0.241 e. The van der Waals surface area contributed by atoms with Crippen molar-refractivity contribution < 1.29 is 4.79 Å². The summed E-state index contributed by atoms with van der Waals surface area (Å²) in [6.45, 7) is 0.906. The van der Waals surface area contributed by atoms with Crippen LogP contribution in [-0.2, 0) is 4.79 Å². The third kappa shape index (κ3) is 2.83. The van der Waals surface area contributed by atoms with Crippen molar-refractivity contribution in [3.8, 4) is 5.69 Å². The Morgan fingerprint density at radius 2 is 2.35 bits per heavy atom. The number of nitrogens with one attached hydrogen (secondary N) is 2. The summed E-state index contributed by atoms with van der Waals surface area (Å²) in [5.41, 5.74) is 1.56. The van der Waals surface area contributed by atoms with E-state index in [0.717, 1.165) is 37.2 Å². The second-order valence-corrected chi connectivity index (χ2v) is 4.80. The summed E-state index contributed by atoms with van der Waals surface area (Å²) in [4.78, 5) is 12.1. The molecule has 2 N–H and O–H groups in total. The van der Waals surface area contributed by atoms with Gasteiger partial charge < -0.3 is 10.6 Å². The fraction of sp³-hybridized carbons (Fsp3) is 0.385. The zero-order chi connectivity index (χ0) is 13.8. The second kappa shape index (κ2) is 5.79. The van der Waals surface area contributed by atoms with Gasteiger partial charge in [-0.15, -0.1) is 5.10 Å². The molecule has 2 aromatic rings. The highest BCUT2D eigenvalue weighted by atomic mass is 16.2. The lowest BCUT2D eigenvalue weighted by molar-refractivity contribution is -0.118. The zero-order valence-corrected chi connectivity index (χ0v) is 11.0. The average molecular weight is 272 g/mol. The van der Waals surface area contributed by atoms with Gasteiger partial charge >= 0.3 is 0 Å². The van der Waals surface area contributed by atoms with Crippen LogP contribution in [0.5, 0.6) is 0 Å². The van der Waals surface area contributed by atoms with Crippen LogP contribution in [0.1, 0.15) is 19.3 Å². The van der Waals surface area contributed by atoms with E-state index in [1.165, 1.54) is 6.33 Å². The number of aromatic nitrogens is 4. The molecule has 3 rings (SSSR count). The average Bonchev–Trinajstić information content (AvgIpc) is 3.03. The van der Waals surface area contributed by atoms with Crippen LogP contribution in [-0.4, -0.2) is 38.7 Å². The van der Waals surface area contributed by atoms with E-state index in [-0.39, 0.29) is 11.9 Å². The third-order valence-electron chi connectivity index (χ3n) is 3.35. The number of nitrogens with zero attached hydrogens (tertiary/aromatic N) is 4. The fourth-order valence-electron chi connectivity index (χ4n) is 2.31. The highest BCUT2D eigenvalue weighted by molar-refractivity contribution is 5.95. The maximum atomic E-state index is 12.1. The van der Waals surface area contributed by atoms with E-state index >= 15 is 0 Å². The van der Waals surface area contributed by atoms with Gasteiger partial charge in [0, 0.05) is 5.69 Å². The quantitative estimate of drug-likeness (QED) is 0.861. The minimum Gasteiger partial charge on any atom is -0.325 e. The Kier molecular flexibility index (Phi) is 3.69. The molecule has 1 amide bonds. The number of hydrogen-bond acceptors (Lipinski definition) is 5. The fourth-order valence-corrected chi connectivity index (χ4v) is 2.31. The van der Waals surface area contributed by atoms with Gasteiger partial charge in [-0.1, -0.05) is 12.5 Å². The highest BCUT2D eigenvalue weighted by Crippen LogP contribution is 2.15. The molecule has 0 unspecified atom stereocenters. The van der Waals surface area contributed by atoms with Gasteiger partial charge in [-0.25, -0.2) is 4.68 Å². The molecule has 1 saturated heterocycles. The number of hydrogen-bond donors (Lipinski definition) is 2. The predicted molar refractivity (Wildman–Crippen MR) is 73.4 cm³/mol. The summed E-state index contributed by atoms with van der Waals surface area (Å²) in [6.07, 6.45) is 4.64. The Morgan fingerprint density at radius 1 is 1.40 bits per heavy atom. The minimum absolute atomic E-state index is 0.0126. The molecule has 1 aromatic heterocycles. The van der Waals surface area contributed by atoms with Crippen molar-refractivity contribution in [2.45, 2.75) is 25.3 Å². The molecule has 1 aromatic carbocycles. The topological polar surface area (TPSA) is 84.7 Å². The maximum absolute atomic E-state index is 12.1. The van der Waals surface area contributed by atoms with Crippen molar-refractivity contribution in [3.05, 3.63) is 30.6 Å². The lowest BCUT2D eigenvalue weighted by Crippen LogP contribution is -2.43. The largest absolute Gasteiger partial charge is 0.325 e. The molecule has 1 fully saturated rings. The number of benzene rings is 1. The first kappa shape index (κ1) is 12.7. The SMILES string of the molecule is O=C(Nc1cccc(-n2cnnn2)c1)[C@@H]1CCCCN1. The van der Waals surface area contributed by atoms with Gasteiger partial charge in [0.05, 0.1) is 11.7 Å². The number of amides is 1. The van der Waals surface area contributed by atoms with Crippen LogP contribution in [0.4, 0.5) is 5.69 Å². The summed E-state index contributed by atoms with van der Waals surface area (Å²) < 4.78 is 1.55. The first-order valence-corrected chi connectivity index (χ1v) is 6.70. The Hall–Kier alpha value is -2.28. The van der Waals surface area contributed by atoms with E-state index in [1.54, 1.807) is 4.68 Å². The van der Waals surface area contributed by atoms with Crippen LogP contribution in [0, 0.1) is 0 Å². The van der Waals surface area contributed by atoms with Crippen molar-refractivity contribution in [1.82, 2.24) is 25.5 Å². The van der Waals surface area contributed by atoms with Crippen LogP contribution in [0.3, 0.4) is 0 Å². The highest BCUT2D eigenvalue weighted by Gasteiger charge is 2.20. The van der Waals surface area contributed by atoms with Crippen LogP contribution in [0.2, 0.25) is 0 Å². The summed E-state index contributed by atoms with van der Waals surface area (Å²) >= 11 is 0. The van der Waals surface area contributed by atoms with Gasteiger partial charge in [-0.2, -0.15) is 0 Å². The van der Waals surface area contributed by atoms with Crippen molar-refractivity contribution in [1.29, 1.82) is 0 Å². The Morgan fingerprint density at radius 3 is 3.10 bits per heavy atom. The Balaban J connectivity index is 1.71. The first-order valence-electron chi connectivity index (χ1n) is 6.70. The van der Waals surface area contributed by atoms with Crippen LogP contribution < -0.4 is 10.6 Å². The molecule has 0 aliphatic carbocycles. The predicted octanol–water partition coefficient (Wildman–Crippen LogP) is 0.743. The molecule has 2 heterocycles. The molecular formula is C13H16N6O. The zero-order valence-electron chi connectivity index (χ0n) is 11.0. The monoisotopic (exact) mass is 272 g/mol. The summed E-state index contributed by atoms with van der Waals surface area (Å²) in [6, 6.07) is 7.35. The molecule has 1 aliphatic heterocycles. The lowest BCUT2D eigenvalue weighted by atomic mass is 10.0. The van der Waals surface area contributed by atoms with E-state index in [0.29, 0.717) is 0 Å². The van der Waals surface area contributed by atoms with E-state index in [1.807, 2.05) is 24.3 Å². The van der Waals surface area contributed by atoms with Crippen molar-refractivity contribution >= 4 is 11.6 Å². The normalized spacial score (nSPS) is 18.7. The van der Waals surface area contributed by atoms with E-state index in [4.69, 9.17) is 0 Å². The standard InChI is InChI=1S/C13H16N6O/c20-13(12-6-1-2-7-14-12)16-10-4-3-5-11(8-10)19-9-15-17-18-19/h3-5,8-9,12,14H,1-2,6-7H2,(H,16,20)/t12-/m0/s1. The molecule has 0 radical (unpaired) electrons. The molecule has 104 valence electrons. The molecule has 0 saturated carbocycles. The van der Waals surface area contributed by atoms with E-state index in [2.05, 4.69) is 26.2 Å². The van der Waals surface area contributed by atoms with Crippen molar-refractivity contribution in [2.24, 2.45) is 0 Å². The summed E-state index contributed by atoms with van der Waals surface area (Å²) in [5, 5.41) is 17.2. The minimum atomic E-state index is -0.0968. The van der Waals surface area contributed by atoms with Gasteiger partial charge in [0.25, 0.3) is 0 Å². The molecular weight excluding hydrogens is 256 g/mol. The molecule has 7 heteroatoms. The number of piperidine rings is 1. The van der Waals surface area contributed by atoms with Crippen molar-refractivity contribution in [3.63, 3.8) is 0 Å². The number of rotatable bonds is 3. The number of carbonyl (C=O) groups excluding carboxylic acids is 1. The Bertz CT molecular complexity index is 576. The molecule has 0 bridgehead atoms. The molecule has 0 spiro atoms. The Labute approximate surface area is 116 Å². The summed E-state index contributed by atoms with van der Waals surface area (Å²) in [7, 11) is 0. The maximum Gasteiger partial charge on any atom is 0.241 e. The summed E-state index contributed by atoms with van der Waals surface area (Å²) in [5.74, 6) is 0.0126. The number of carbonyl (C=O) groups is 1. The molecule has 20 heavy (non-hydrogen) atoms. The lowest BCUT2D eigenvalue weighted by Gasteiger charge is -2.22. The number of tetrazole rings is 1. The first-order chi connectivity index (χ1) is 9.83. The molecule has 7 nitrogen and oxygen atoms in total. The van der Waals surface area contributed by atoms with Gasteiger partial charge in [0.2, 0.25) is 5.91 Å². The van der Waals surface area contributed by atoms with Crippen molar-refractivity contribution in [2.75, 3.05) is 11.9 Å².